The molecule has 4 heteroatoms. The first-order chi connectivity index (χ1) is 8.78. The van der Waals surface area contributed by atoms with E-state index in [0.717, 1.165) is 36.1 Å². The quantitative estimate of drug-likeness (QED) is 0.736. The molecule has 88 valence electrons. The van der Waals surface area contributed by atoms with Gasteiger partial charge in [-0.25, -0.2) is 9.97 Å². The average Bonchev–Trinajstić information content (AvgIpc) is 2.88. The van der Waals surface area contributed by atoms with E-state index in [1.165, 1.54) is 0 Å². The molecule has 0 saturated carbocycles. The zero-order valence-corrected chi connectivity index (χ0v) is 10.4. The number of benzene rings is 1. The fourth-order valence-corrected chi connectivity index (χ4v) is 2.49. The molecule has 1 aromatic heterocycles. The molecule has 1 aromatic carbocycles. The van der Waals surface area contributed by atoms with Crippen LogP contribution in [0.15, 0.2) is 24.3 Å². The zero-order chi connectivity index (χ0) is 12.5. The molecule has 0 unspecified atom stereocenters. The Morgan fingerprint density at radius 3 is 2.61 bits per heavy atom. The number of hydrogen-bond donors (Lipinski definition) is 0. The molecular formula is C14H10ClN3. The topological polar surface area (TPSA) is 49.6 Å². The third kappa shape index (κ3) is 1.85. The third-order valence-corrected chi connectivity index (χ3v) is 3.47. The highest BCUT2D eigenvalue weighted by atomic mass is 35.5. The smallest absolute Gasteiger partial charge is 0.161 e. The monoisotopic (exact) mass is 255 g/mol. The highest BCUT2D eigenvalue weighted by Gasteiger charge is 2.18. The molecule has 3 nitrogen and oxygen atoms in total. The van der Waals surface area contributed by atoms with Crippen molar-refractivity contribution in [2.75, 3.05) is 0 Å². The molecule has 1 aliphatic carbocycles. The Balaban J connectivity index is 2.07. The summed E-state index contributed by atoms with van der Waals surface area (Å²) in [5.74, 6) is 0.644. The molecule has 1 heterocycles. The van der Waals surface area contributed by atoms with Crippen LogP contribution in [0.5, 0.6) is 0 Å². The van der Waals surface area contributed by atoms with Crippen molar-refractivity contribution < 1.29 is 0 Å². The maximum absolute atomic E-state index is 8.77. The van der Waals surface area contributed by atoms with Gasteiger partial charge in [-0.2, -0.15) is 5.26 Å². The van der Waals surface area contributed by atoms with Crippen molar-refractivity contribution in [1.82, 2.24) is 9.97 Å². The summed E-state index contributed by atoms with van der Waals surface area (Å²) >= 11 is 6.18. The maximum atomic E-state index is 8.77. The second-order valence-electron chi connectivity index (χ2n) is 4.31. The molecule has 2 aromatic rings. The number of rotatable bonds is 1. The zero-order valence-electron chi connectivity index (χ0n) is 9.65. The van der Waals surface area contributed by atoms with Crippen LogP contribution in [-0.4, -0.2) is 9.97 Å². The number of fused-ring (bicyclic) bond motifs is 1. The van der Waals surface area contributed by atoms with Gasteiger partial charge in [-0.1, -0.05) is 11.6 Å². The summed E-state index contributed by atoms with van der Waals surface area (Å²) in [6, 6.07) is 9.32. The lowest BCUT2D eigenvalue weighted by atomic mass is 10.1. The highest BCUT2D eigenvalue weighted by Crippen LogP contribution is 2.28. The SMILES string of the molecule is N#Cc1ccc(-c2nc(Cl)c3c(n2)CCC3)cc1. The standard InChI is InChI=1S/C14H10ClN3/c15-13-11-2-1-3-12(11)17-14(18-13)10-6-4-9(8-16)5-7-10/h4-7H,1-3H2. The summed E-state index contributed by atoms with van der Waals surface area (Å²) in [7, 11) is 0. The molecule has 0 radical (unpaired) electrons. The minimum Gasteiger partial charge on any atom is -0.233 e. The van der Waals surface area contributed by atoms with Crippen LogP contribution in [0.2, 0.25) is 5.15 Å². The van der Waals surface area contributed by atoms with Gasteiger partial charge in [0.05, 0.1) is 11.6 Å². The Morgan fingerprint density at radius 1 is 1.11 bits per heavy atom. The summed E-state index contributed by atoms with van der Waals surface area (Å²) in [4.78, 5) is 8.90. The molecule has 18 heavy (non-hydrogen) atoms. The Kier molecular flexibility index (Phi) is 2.73. The Labute approximate surface area is 110 Å². The first kappa shape index (κ1) is 11.2. The van der Waals surface area contributed by atoms with E-state index in [2.05, 4.69) is 16.0 Å². The molecule has 1 aliphatic rings. The largest absolute Gasteiger partial charge is 0.233 e. The normalized spacial score (nSPS) is 13.1. The van der Waals surface area contributed by atoms with Crippen LogP contribution in [0.3, 0.4) is 0 Å². The van der Waals surface area contributed by atoms with Crippen molar-refractivity contribution >= 4 is 11.6 Å². The van der Waals surface area contributed by atoms with E-state index in [0.29, 0.717) is 16.5 Å². The van der Waals surface area contributed by atoms with Gasteiger partial charge in [0.25, 0.3) is 0 Å². The molecule has 0 bridgehead atoms. The fourth-order valence-electron chi connectivity index (χ4n) is 2.21. The molecular weight excluding hydrogens is 246 g/mol. The van der Waals surface area contributed by atoms with Crippen molar-refractivity contribution in [3.8, 4) is 17.5 Å². The van der Waals surface area contributed by atoms with Gasteiger partial charge in [-0.3, -0.25) is 0 Å². The molecule has 3 rings (SSSR count). The van der Waals surface area contributed by atoms with Crippen LogP contribution in [0.4, 0.5) is 0 Å². The van der Waals surface area contributed by atoms with Gasteiger partial charge >= 0.3 is 0 Å². The molecule has 0 N–H and O–H groups in total. The second-order valence-corrected chi connectivity index (χ2v) is 4.66. The lowest BCUT2D eigenvalue weighted by Crippen LogP contribution is -1.97. The van der Waals surface area contributed by atoms with E-state index in [9.17, 15) is 0 Å². The summed E-state index contributed by atoms with van der Waals surface area (Å²) in [6.07, 6.45) is 3.04. The van der Waals surface area contributed by atoms with Gasteiger partial charge < -0.3 is 0 Å². The van der Waals surface area contributed by atoms with Crippen molar-refractivity contribution in [2.24, 2.45) is 0 Å². The van der Waals surface area contributed by atoms with Crippen LogP contribution in [0.1, 0.15) is 23.2 Å². The van der Waals surface area contributed by atoms with Gasteiger partial charge in [0.15, 0.2) is 5.82 Å². The van der Waals surface area contributed by atoms with E-state index in [-0.39, 0.29) is 0 Å². The minimum atomic E-state index is 0.567. The van der Waals surface area contributed by atoms with E-state index < -0.39 is 0 Å². The van der Waals surface area contributed by atoms with Crippen LogP contribution in [0.25, 0.3) is 11.4 Å². The number of hydrogen-bond acceptors (Lipinski definition) is 3. The predicted octanol–water partition coefficient (Wildman–Crippen LogP) is 3.16. The molecule has 0 spiro atoms. The molecule has 0 aliphatic heterocycles. The van der Waals surface area contributed by atoms with Crippen molar-refractivity contribution in [1.29, 1.82) is 5.26 Å². The van der Waals surface area contributed by atoms with Crippen LogP contribution in [0, 0.1) is 11.3 Å². The van der Waals surface area contributed by atoms with Gasteiger partial charge in [0.2, 0.25) is 0 Å². The highest BCUT2D eigenvalue weighted by molar-refractivity contribution is 6.30. The maximum Gasteiger partial charge on any atom is 0.161 e. The second kappa shape index (κ2) is 4.40. The van der Waals surface area contributed by atoms with Gasteiger partial charge in [0.1, 0.15) is 5.15 Å². The Hall–Kier alpha value is -1.92. The van der Waals surface area contributed by atoms with Gasteiger partial charge in [-0.05, 0) is 43.5 Å². The van der Waals surface area contributed by atoms with E-state index >= 15 is 0 Å². The fraction of sp³-hybridized carbons (Fsp3) is 0.214. The third-order valence-electron chi connectivity index (χ3n) is 3.15. The summed E-state index contributed by atoms with van der Waals surface area (Å²) in [5, 5.41) is 9.33. The number of halogens is 1. The number of aromatic nitrogens is 2. The van der Waals surface area contributed by atoms with Crippen LogP contribution >= 0.6 is 11.6 Å². The van der Waals surface area contributed by atoms with Crippen LogP contribution in [-0.2, 0) is 12.8 Å². The van der Waals surface area contributed by atoms with E-state index in [1.807, 2.05) is 12.1 Å². The lowest BCUT2D eigenvalue weighted by Gasteiger charge is -2.05. The Bertz CT molecular complexity index is 641. The summed E-state index contributed by atoms with van der Waals surface area (Å²) in [6.45, 7) is 0. The Morgan fingerprint density at radius 2 is 1.89 bits per heavy atom. The summed E-state index contributed by atoms with van der Waals surface area (Å²) in [5.41, 5.74) is 3.68. The van der Waals surface area contributed by atoms with Crippen molar-refractivity contribution in [3.05, 3.63) is 46.2 Å². The van der Waals surface area contributed by atoms with Gasteiger partial charge in [-0.15, -0.1) is 0 Å². The molecule has 0 amide bonds. The number of nitrogens with zero attached hydrogens (tertiary/aromatic N) is 3. The molecule has 0 saturated heterocycles. The first-order valence-corrected chi connectivity index (χ1v) is 6.21. The van der Waals surface area contributed by atoms with Crippen LogP contribution < -0.4 is 0 Å². The van der Waals surface area contributed by atoms with Crippen molar-refractivity contribution in [3.63, 3.8) is 0 Å². The molecule has 0 atom stereocenters. The van der Waals surface area contributed by atoms with E-state index in [1.54, 1.807) is 12.1 Å². The van der Waals surface area contributed by atoms with E-state index in [4.69, 9.17) is 16.9 Å². The van der Waals surface area contributed by atoms with Crippen molar-refractivity contribution in [2.45, 2.75) is 19.3 Å². The predicted molar refractivity (Wildman–Crippen MR) is 69.2 cm³/mol. The number of aryl methyl sites for hydroxylation is 1. The lowest BCUT2D eigenvalue weighted by molar-refractivity contribution is 0.900. The molecule has 0 fully saturated rings. The average molecular weight is 256 g/mol. The van der Waals surface area contributed by atoms with Gasteiger partial charge in [0, 0.05) is 16.8 Å². The minimum absolute atomic E-state index is 0.567. The first-order valence-electron chi connectivity index (χ1n) is 5.84. The summed E-state index contributed by atoms with van der Waals surface area (Å²) < 4.78 is 0. The number of nitriles is 1.